The second-order valence-electron chi connectivity index (χ2n) is 3.61. The standard InChI is InChI=1S/C12H7N3O2/c16-11-10-9(14-12(17)15-11)8(6-13-10)7-4-2-1-3-5-7/h1-6H,(H,15,16,17). The van der Waals surface area contributed by atoms with Gasteiger partial charge in [-0.2, -0.15) is 4.99 Å². The van der Waals surface area contributed by atoms with Gasteiger partial charge in [0.25, 0.3) is 5.91 Å². The Morgan fingerprint density at radius 3 is 2.53 bits per heavy atom. The highest BCUT2D eigenvalue weighted by Crippen LogP contribution is 2.23. The summed E-state index contributed by atoms with van der Waals surface area (Å²) in [6.07, 6.45) is 1.56. The number of nitrogens with zero attached hydrogens (tertiary/aromatic N) is 2. The molecule has 0 aliphatic carbocycles. The smallest absolute Gasteiger partial charge is 0.271 e. The van der Waals surface area contributed by atoms with Crippen LogP contribution in [0.15, 0.2) is 46.5 Å². The van der Waals surface area contributed by atoms with Crippen LogP contribution >= 0.6 is 0 Å². The fourth-order valence-electron chi connectivity index (χ4n) is 1.77. The Kier molecular flexibility index (Phi) is 1.98. The molecule has 0 saturated heterocycles. The molecule has 5 nitrogen and oxygen atoms in total. The predicted octanol–water partition coefficient (Wildman–Crippen LogP) is 1.17. The summed E-state index contributed by atoms with van der Waals surface area (Å²) in [7, 11) is 0. The van der Waals surface area contributed by atoms with E-state index in [1.54, 1.807) is 6.20 Å². The molecular weight excluding hydrogens is 218 g/mol. The second-order valence-corrected chi connectivity index (χ2v) is 3.61. The summed E-state index contributed by atoms with van der Waals surface area (Å²) in [4.78, 5) is 30.5. The minimum absolute atomic E-state index is 0.198. The molecule has 2 aliphatic heterocycles. The van der Waals surface area contributed by atoms with Crippen molar-refractivity contribution < 1.29 is 9.59 Å². The molecule has 5 heteroatoms. The number of hydrogen-bond donors (Lipinski definition) is 1. The molecule has 0 saturated carbocycles. The van der Waals surface area contributed by atoms with Gasteiger partial charge in [-0.05, 0) is 5.56 Å². The Hall–Kier alpha value is -2.56. The van der Waals surface area contributed by atoms with Crippen LogP contribution in [-0.2, 0) is 4.79 Å². The van der Waals surface area contributed by atoms with Crippen LogP contribution in [0.4, 0.5) is 4.79 Å². The first-order valence-electron chi connectivity index (χ1n) is 5.04. The molecule has 3 amide bonds. The molecule has 0 spiro atoms. The van der Waals surface area contributed by atoms with Gasteiger partial charge in [0.2, 0.25) is 0 Å². The molecule has 82 valence electrons. The lowest BCUT2D eigenvalue weighted by molar-refractivity contribution is -0.113. The summed E-state index contributed by atoms with van der Waals surface area (Å²) in [5.74, 6) is -0.498. The van der Waals surface area contributed by atoms with Crippen LogP contribution in [0.5, 0.6) is 0 Å². The quantitative estimate of drug-likeness (QED) is 0.779. The van der Waals surface area contributed by atoms with Crippen molar-refractivity contribution in [2.45, 2.75) is 0 Å². The normalized spacial score (nSPS) is 18.0. The molecule has 0 fully saturated rings. The Labute approximate surface area is 96.6 Å². The lowest BCUT2D eigenvalue weighted by Gasteiger charge is -2.11. The van der Waals surface area contributed by atoms with Crippen LogP contribution in [0.1, 0.15) is 5.56 Å². The van der Waals surface area contributed by atoms with E-state index in [4.69, 9.17) is 0 Å². The highest BCUT2D eigenvalue weighted by molar-refractivity contribution is 6.78. The van der Waals surface area contributed by atoms with Crippen molar-refractivity contribution in [2.75, 3.05) is 0 Å². The third-order valence-corrected chi connectivity index (χ3v) is 2.54. The minimum Gasteiger partial charge on any atom is -0.271 e. The van der Waals surface area contributed by atoms with Crippen molar-refractivity contribution in [1.82, 2.24) is 5.32 Å². The van der Waals surface area contributed by atoms with Gasteiger partial charge in [0, 0.05) is 11.8 Å². The van der Waals surface area contributed by atoms with E-state index in [1.165, 1.54) is 0 Å². The molecule has 3 rings (SSSR count). The van der Waals surface area contributed by atoms with E-state index >= 15 is 0 Å². The Balaban J connectivity index is 2.08. The van der Waals surface area contributed by atoms with E-state index in [0.717, 1.165) is 5.56 Å². The summed E-state index contributed by atoms with van der Waals surface area (Å²) >= 11 is 0. The van der Waals surface area contributed by atoms with Crippen molar-refractivity contribution in [3.05, 3.63) is 42.1 Å². The number of aliphatic imine (C=N–C) groups is 2. The van der Waals surface area contributed by atoms with E-state index in [-0.39, 0.29) is 5.71 Å². The summed E-state index contributed by atoms with van der Waals surface area (Å²) in [5.41, 5.74) is 2.13. The average Bonchev–Trinajstić information content (AvgIpc) is 2.74. The molecule has 1 aromatic carbocycles. The third-order valence-electron chi connectivity index (χ3n) is 2.54. The zero-order valence-corrected chi connectivity index (χ0v) is 8.68. The van der Waals surface area contributed by atoms with Crippen molar-refractivity contribution in [3.63, 3.8) is 0 Å². The van der Waals surface area contributed by atoms with Gasteiger partial charge in [0.05, 0.1) is 0 Å². The largest absolute Gasteiger partial charge is 0.348 e. The zero-order valence-electron chi connectivity index (χ0n) is 8.68. The number of amides is 3. The van der Waals surface area contributed by atoms with Crippen molar-refractivity contribution >= 4 is 28.9 Å². The first-order valence-corrected chi connectivity index (χ1v) is 5.04. The molecule has 1 aromatic rings. The average molecular weight is 225 g/mol. The lowest BCUT2D eigenvalue weighted by atomic mass is 10.00. The van der Waals surface area contributed by atoms with Crippen molar-refractivity contribution in [3.8, 4) is 0 Å². The van der Waals surface area contributed by atoms with Gasteiger partial charge in [0.1, 0.15) is 5.71 Å². The molecule has 1 N–H and O–H groups in total. The van der Waals surface area contributed by atoms with Gasteiger partial charge in [-0.3, -0.25) is 10.1 Å². The van der Waals surface area contributed by atoms with Crippen LogP contribution in [0.2, 0.25) is 0 Å². The number of hydrogen-bond acceptors (Lipinski definition) is 3. The molecular formula is C12H7N3O2. The lowest BCUT2D eigenvalue weighted by Crippen LogP contribution is -2.42. The van der Waals surface area contributed by atoms with E-state index in [9.17, 15) is 9.59 Å². The third kappa shape index (κ3) is 1.48. The fourth-order valence-corrected chi connectivity index (χ4v) is 1.77. The molecule has 0 radical (unpaired) electrons. The first-order chi connectivity index (χ1) is 8.25. The number of nitrogens with one attached hydrogen (secondary N) is 1. The molecule has 2 heterocycles. The van der Waals surface area contributed by atoms with Gasteiger partial charge in [-0.15, -0.1) is 0 Å². The number of rotatable bonds is 1. The Morgan fingerprint density at radius 1 is 1.00 bits per heavy atom. The van der Waals surface area contributed by atoms with Gasteiger partial charge < -0.3 is 0 Å². The van der Waals surface area contributed by atoms with Gasteiger partial charge >= 0.3 is 6.03 Å². The number of urea groups is 1. The van der Waals surface area contributed by atoms with Crippen LogP contribution in [0, 0.1) is 0 Å². The monoisotopic (exact) mass is 225 g/mol. The summed E-state index contributed by atoms with van der Waals surface area (Å²) in [6.45, 7) is 0. The fraction of sp³-hybridized carbons (Fsp3) is 0. The van der Waals surface area contributed by atoms with Gasteiger partial charge in [0.15, 0.2) is 5.71 Å². The topological polar surface area (TPSA) is 70.9 Å². The number of carbonyl (C=O) groups is 2. The number of fused-ring (bicyclic) bond motifs is 1. The molecule has 0 atom stereocenters. The minimum atomic E-state index is -0.646. The SMILES string of the molecule is O=C1N=C2C(c3ccccc3)=CN=C2C(=O)N1. The van der Waals surface area contributed by atoms with Crippen molar-refractivity contribution in [2.24, 2.45) is 9.98 Å². The number of carbonyl (C=O) groups excluding carboxylic acids is 2. The molecule has 0 bridgehead atoms. The maximum absolute atomic E-state index is 11.5. The van der Waals surface area contributed by atoms with Crippen molar-refractivity contribution in [1.29, 1.82) is 0 Å². The highest BCUT2D eigenvalue weighted by atomic mass is 16.2. The molecule has 2 aliphatic rings. The number of allylic oxidation sites excluding steroid dienone is 1. The molecule has 17 heavy (non-hydrogen) atoms. The molecule has 0 unspecified atom stereocenters. The maximum Gasteiger partial charge on any atom is 0.348 e. The van der Waals surface area contributed by atoms with E-state index in [2.05, 4.69) is 15.3 Å². The Morgan fingerprint density at radius 2 is 1.76 bits per heavy atom. The van der Waals surface area contributed by atoms with Gasteiger partial charge in [-0.25, -0.2) is 9.79 Å². The maximum atomic E-state index is 11.5. The summed E-state index contributed by atoms with van der Waals surface area (Å²) < 4.78 is 0. The van der Waals surface area contributed by atoms with E-state index in [1.807, 2.05) is 30.3 Å². The number of benzene rings is 1. The van der Waals surface area contributed by atoms with E-state index < -0.39 is 11.9 Å². The Bertz CT molecular complexity index is 612. The van der Waals surface area contributed by atoms with E-state index in [0.29, 0.717) is 11.3 Å². The molecule has 0 aromatic heterocycles. The summed E-state index contributed by atoms with van der Waals surface area (Å²) in [6, 6.07) is 8.75. The first kappa shape index (κ1) is 9.65. The predicted molar refractivity (Wildman–Crippen MR) is 62.8 cm³/mol. The zero-order chi connectivity index (χ0) is 11.8. The number of imide groups is 1. The van der Waals surface area contributed by atoms with Crippen LogP contribution < -0.4 is 5.32 Å². The highest BCUT2D eigenvalue weighted by Gasteiger charge is 2.31. The van der Waals surface area contributed by atoms with Crippen LogP contribution in [-0.4, -0.2) is 23.4 Å². The van der Waals surface area contributed by atoms with Gasteiger partial charge in [-0.1, -0.05) is 30.3 Å². The summed E-state index contributed by atoms with van der Waals surface area (Å²) in [5, 5.41) is 2.09. The van der Waals surface area contributed by atoms with Crippen LogP contribution in [0.3, 0.4) is 0 Å². The second kappa shape index (κ2) is 3.48. The van der Waals surface area contributed by atoms with Crippen LogP contribution in [0.25, 0.3) is 5.57 Å².